The van der Waals surface area contributed by atoms with Gasteiger partial charge < -0.3 is 5.32 Å². The molecular weight excluding hydrogens is 489 g/mol. The maximum atomic E-state index is 12.8. The van der Waals surface area contributed by atoms with E-state index in [1.165, 1.54) is 12.1 Å². The van der Waals surface area contributed by atoms with E-state index in [0.29, 0.717) is 17.4 Å². The Morgan fingerprint density at radius 1 is 1.09 bits per heavy atom. The van der Waals surface area contributed by atoms with Gasteiger partial charge in [-0.25, -0.2) is 0 Å². The Morgan fingerprint density at radius 3 is 2.58 bits per heavy atom. The molecule has 3 amide bonds. The summed E-state index contributed by atoms with van der Waals surface area (Å²) in [7, 11) is 0. The summed E-state index contributed by atoms with van der Waals surface area (Å²) in [4.78, 5) is 48.9. The van der Waals surface area contributed by atoms with Gasteiger partial charge in [0.15, 0.2) is 0 Å². The molecule has 4 rings (SSSR count). The smallest absolute Gasteiger partial charge is 0.294 e. The lowest BCUT2D eigenvalue weighted by Crippen LogP contribution is -2.36. The summed E-state index contributed by atoms with van der Waals surface area (Å²) in [6.45, 7) is -0.486. The van der Waals surface area contributed by atoms with Gasteiger partial charge in [0, 0.05) is 27.7 Å². The van der Waals surface area contributed by atoms with Crippen LogP contribution in [0, 0.1) is 10.1 Å². The van der Waals surface area contributed by atoms with Gasteiger partial charge in [0.2, 0.25) is 5.91 Å². The second kappa shape index (κ2) is 9.22. The Kier molecular flexibility index (Phi) is 6.37. The van der Waals surface area contributed by atoms with Crippen molar-refractivity contribution in [2.45, 2.75) is 0 Å². The molecule has 11 heteroatoms. The Bertz CT molecular complexity index is 1370. The molecule has 0 aromatic heterocycles. The molecule has 8 nitrogen and oxygen atoms in total. The quantitative estimate of drug-likeness (QED) is 0.271. The van der Waals surface area contributed by atoms with Gasteiger partial charge in [0.25, 0.3) is 16.8 Å². The number of hydrogen-bond donors (Lipinski definition) is 1. The van der Waals surface area contributed by atoms with Crippen LogP contribution in [0.2, 0.25) is 10.0 Å². The minimum absolute atomic E-state index is 0.0171. The largest absolute Gasteiger partial charge is 0.324 e. The molecule has 1 fully saturated rings. The number of anilines is 1. The van der Waals surface area contributed by atoms with E-state index >= 15 is 0 Å². The van der Waals surface area contributed by atoms with Gasteiger partial charge in [0.1, 0.15) is 11.6 Å². The molecule has 3 aromatic carbocycles. The standard InChI is InChI=1S/C22H13Cl2N3O5S/c23-15-10-16(24)18(27(31)32)8-13(15)9-19-21(29)26(22(30)33-19)11-20(28)25-17-7-3-5-12-4-1-2-6-14(12)17/h1-10H,11H2,(H,25,28)/b19-9-. The average Bonchev–Trinajstić information content (AvgIpc) is 3.03. The number of halogens is 2. The highest BCUT2D eigenvalue weighted by molar-refractivity contribution is 8.18. The number of carbonyl (C=O) groups excluding carboxylic acids is 3. The minimum Gasteiger partial charge on any atom is -0.324 e. The van der Waals surface area contributed by atoms with E-state index < -0.39 is 28.5 Å². The number of fused-ring (bicyclic) bond motifs is 1. The van der Waals surface area contributed by atoms with Gasteiger partial charge >= 0.3 is 0 Å². The molecule has 0 atom stereocenters. The van der Waals surface area contributed by atoms with Gasteiger partial charge in [0.05, 0.1) is 9.83 Å². The Labute approximate surface area is 201 Å². The van der Waals surface area contributed by atoms with Crippen molar-refractivity contribution in [1.82, 2.24) is 4.90 Å². The van der Waals surface area contributed by atoms with Crippen LogP contribution in [0.1, 0.15) is 5.56 Å². The zero-order valence-corrected chi connectivity index (χ0v) is 18.9. The van der Waals surface area contributed by atoms with Crippen molar-refractivity contribution in [3.8, 4) is 0 Å². The molecule has 166 valence electrons. The third-order valence-electron chi connectivity index (χ3n) is 4.79. The first-order valence-electron chi connectivity index (χ1n) is 9.41. The fourth-order valence-corrected chi connectivity index (χ4v) is 4.59. The maximum absolute atomic E-state index is 12.8. The number of nitro groups is 1. The summed E-state index contributed by atoms with van der Waals surface area (Å²) in [6, 6.07) is 15.2. The van der Waals surface area contributed by atoms with E-state index in [9.17, 15) is 24.5 Å². The summed E-state index contributed by atoms with van der Waals surface area (Å²) in [6.07, 6.45) is 1.26. The monoisotopic (exact) mass is 501 g/mol. The van der Waals surface area contributed by atoms with Gasteiger partial charge in [-0.3, -0.25) is 29.4 Å². The third kappa shape index (κ3) is 4.70. The number of nitrogens with one attached hydrogen (secondary N) is 1. The first-order chi connectivity index (χ1) is 15.7. The van der Waals surface area contributed by atoms with Crippen LogP contribution in [-0.4, -0.2) is 33.4 Å². The first kappa shape index (κ1) is 22.8. The highest BCUT2D eigenvalue weighted by Crippen LogP contribution is 2.36. The van der Waals surface area contributed by atoms with Crippen LogP contribution in [0.15, 0.2) is 59.5 Å². The Hall–Kier alpha value is -3.40. The molecule has 0 saturated carbocycles. The molecule has 1 aliphatic rings. The van der Waals surface area contributed by atoms with Crippen LogP contribution in [0.5, 0.6) is 0 Å². The van der Waals surface area contributed by atoms with E-state index in [0.717, 1.165) is 21.7 Å². The van der Waals surface area contributed by atoms with E-state index in [2.05, 4.69) is 5.32 Å². The van der Waals surface area contributed by atoms with Crippen LogP contribution in [-0.2, 0) is 9.59 Å². The van der Waals surface area contributed by atoms with E-state index in [1.807, 2.05) is 30.3 Å². The fourth-order valence-electron chi connectivity index (χ4n) is 3.25. The Balaban J connectivity index is 1.53. The summed E-state index contributed by atoms with van der Waals surface area (Å²) >= 11 is 12.5. The average molecular weight is 502 g/mol. The highest BCUT2D eigenvalue weighted by Gasteiger charge is 2.36. The third-order valence-corrected chi connectivity index (χ3v) is 6.33. The van der Waals surface area contributed by atoms with Crippen molar-refractivity contribution in [1.29, 1.82) is 0 Å². The van der Waals surface area contributed by atoms with E-state index in [4.69, 9.17) is 23.2 Å². The molecule has 33 heavy (non-hydrogen) atoms. The van der Waals surface area contributed by atoms with Crippen LogP contribution in [0.4, 0.5) is 16.2 Å². The number of benzene rings is 3. The molecular formula is C22H13Cl2N3O5S. The van der Waals surface area contributed by atoms with E-state index in [1.54, 1.807) is 12.1 Å². The summed E-state index contributed by atoms with van der Waals surface area (Å²) < 4.78 is 0. The molecule has 0 bridgehead atoms. The molecule has 0 radical (unpaired) electrons. The molecule has 1 aliphatic heterocycles. The van der Waals surface area contributed by atoms with E-state index in [-0.39, 0.29) is 26.2 Å². The summed E-state index contributed by atoms with van der Waals surface area (Å²) in [5.74, 6) is -1.25. The molecule has 0 unspecified atom stereocenters. The van der Waals surface area contributed by atoms with Gasteiger partial charge in [-0.2, -0.15) is 0 Å². The van der Waals surface area contributed by atoms with Gasteiger partial charge in [-0.15, -0.1) is 0 Å². The summed E-state index contributed by atoms with van der Waals surface area (Å²) in [5, 5.41) is 14.9. The number of hydrogen-bond acceptors (Lipinski definition) is 6. The second-order valence-corrected chi connectivity index (χ2v) is 8.73. The molecule has 1 N–H and O–H groups in total. The molecule has 1 heterocycles. The number of nitro benzene ring substituents is 1. The topological polar surface area (TPSA) is 110 Å². The van der Waals surface area contributed by atoms with Crippen LogP contribution >= 0.6 is 35.0 Å². The number of amides is 3. The number of nitrogens with zero attached hydrogens (tertiary/aromatic N) is 2. The normalized spacial score (nSPS) is 14.8. The number of thioether (sulfide) groups is 1. The van der Waals surface area contributed by atoms with Crippen molar-refractivity contribution >= 4 is 80.2 Å². The zero-order chi connectivity index (χ0) is 23.7. The maximum Gasteiger partial charge on any atom is 0.294 e. The second-order valence-electron chi connectivity index (χ2n) is 6.92. The zero-order valence-electron chi connectivity index (χ0n) is 16.6. The van der Waals surface area contributed by atoms with Gasteiger partial charge in [-0.1, -0.05) is 59.6 Å². The van der Waals surface area contributed by atoms with Crippen molar-refractivity contribution in [2.24, 2.45) is 0 Å². The lowest BCUT2D eigenvalue weighted by molar-refractivity contribution is -0.384. The SMILES string of the molecule is O=C(CN1C(=O)S/C(=C\c2cc([N+](=O)[O-])c(Cl)cc2Cl)C1=O)Nc1cccc2ccccc12. The molecule has 0 spiro atoms. The number of carbonyl (C=O) groups is 3. The predicted octanol–water partition coefficient (Wildman–Crippen LogP) is 5.73. The lowest BCUT2D eigenvalue weighted by Gasteiger charge is -2.13. The van der Waals surface area contributed by atoms with Crippen LogP contribution < -0.4 is 5.32 Å². The predicted molar refractivity (Wildman–Crippen MR) is 128 cm³/mol. The molecule has 3 aromatic rings. The first-order valence-corrected chi connectivity index (χ1v) is 11.0. The fraction of sp³-hybridized carbons (Fsp3) is 0.0455. The van der Waals surface area contributed by atoms with Crippen LogP contribution in [0.3, 0.4) is 0 Å². The molecule has 0 aliphatic carbocycles. The van der Waals surface area contributed by atoms with Crippen molar-refractivity contribution in [2.75, 3.05) is 11.9 Å². The van der Waals surface area contributed by atoms with Crippen molar-refractivity contribution in [3.05, 3.63) is 85.2 Å². The van der Waals surface area contributed by atoms with Crippen molar-refractivity contribution in [3.63, 3.8) is 0 Å². The Morgan fingerprint density at radius 2 is 1.82 bits per heavy atom. The number of imide groups is 1. The summed E-state index contributed by atoms with van der Waals surface area (Å²) in [5.41, 5.74) is 0.320. The van der Waals surface area contributed by atoms with Gasteiger partial charge in [-0.05, 0) is 35.4 Å². The van der Waals surface area contributed by atoms with Crippen molar-refractivity contribution < 1.29 is 19.3 Å². The lowest BCUT2D eigenvalue weighted by atomic mass is 10.1. The van der Waals surface area contributed by atoms with Crippen LogP contribution in [0.25, 0.3) is 16.8 Å². The molecule has 1 saturated heterocycles. The number of rotatable bonds is 5. The highest BCUT2D eigenvalue weighted by atomic mass is 35.5. The minimum atomic E-state index is -0.702.